The van der Waals surface area contributed by atoms with Crippen LogP contribution in [0.3, 0.4) is 0 Å². The standard InChI is InChI=1S/C20H22I2N2O4S/c21-15-7-1-3-9-17(15)23-19(25)11-5-13-29(27,28)14-6-12-20(26)24-18-10-4-2-8-16(18)22/h1-4,7-10H,5-6,11-14H2,(H,23,25)(H,24,26). The monoisotopic (exact) mass is 640 g/mol. The second kappa shape index (κ2) is 11.8. The summed E-state index contributed by atoms with van der Waals surface area (Å²) in [6.07, 6.45) is 0.784. The average Bonchev–Trinajstić information content (AvgIpc) is 2.65. The van der Waals surface area contributed by atoms with Crippen LogP contribution in [0, 0.1) is 7.14 Å². The summed E-state index contributed by atoms with van der Waals surface area (Å²) >= 11 is 4.26. The molecule has 0 aliphatic rings. The highest BCUT2D eigenvalue weighted by atomic mass is 127. The van der Waals surface area contributed by atoms with Crippen molar-refractivity contribution in [3.05, 3.63) is 55.7 Å². The Morgan fingerprint density at radius 1 is 0.724 bits per heavy atom. The Labute approximate surface area is 198 Å². The predicted octanol–water partition coefficient (Wildman–Crippen LogP) is 4.45. The Hall–Kier alpha value is -1.21. The third-order valence-electron chi connectivity index (χ3n) is 4.01. The molecule has 0 unspecified atom stereocenters. The summed E-state index contributed by atoms with van der Waals surface area (Å²) in [5.41, 5.74) is 1.44. The molecule has 6 nitrogen and oxygen atoms in total. The summed E-state index contributed by atoms with van der Waals surface area (Å²) in [5, 5.41) is 5.57. The topological polar surface area (TPSA) is 92.3 Å². The molecule has 0 fully saturated rings. The molecule has 2 N–H and O–H groups in total. The first kappa shape index (κ1) is 24.1. The van der Waals surface area contributed by atoms with Crippen LogP contribution in [0.4, 0.5) is 11.4 Å². The van der Waals surface area contributed by atoms with Crippen LogP contribution in [0.2, 0.25) is 0 Å². The summed E-state index contributed by atoms with van der Waals surface area (Å²) < 4.78 is 26.2. The highest BCUT2D eigenvalue weighted by molar-refractivity contribution is 14.1. The molecular formula is C20H22I2N2O4S. The van der Waals surface area contributed by atoms with Crippen LogP contribution in [-0.4, -0.2) is 31.7 Å². The van der Waals surface area contributed by atoms with Crippen LogP contribution < -0.4 is 10.6 Å². The van der Waals surface area contributed by atoms with Gasteiger partial charge in [-0.3, -0.25) is 9.59 Å². The molecule has 0 atom stereocenters. The van der Waals surface area contributed by atoms with E-state index in [1.54, 1.807) is 12.1 Å². The van der Waals surface area contributed by atoms with Gasteiger partial charge in [0.05, 0.1) is 22.9 Å². The average molecular weight is 640 g/mol. The minimum Gasteiger partial charge on any atom is -0.325 e. The Kier molecular flexibility index (Phi) is 9.83. The lowest BCUT2D eigenvalue weighted by Crippen LogP contribution is -2.18. The van der Waals surface area contributed by atoms with E-state index in [1.165, 1.54) is 0 Å². The maximum atomic E-state index is 12.2. The third-order valence-corrected chi connectivity index (χ3v) is 7.72. The predicted molar refractivity (Wildman–Crippen MR) is 133 cm³/mol. The van der Waals surface area contributed by atoms with E-state index < -0.39 is 9.84 Å². The minimum atomic E-state index is -3.30. The van der Waals surface area contributed by atoms with E-state index in [2.05, 4.69) is 55.8 Å². The van der Waals surface area contributed by atoms with Crippen molar-refractivity contribution < 1.29 is 18.0 Å². The fraction of sp³-hybridized carbons (Fsp3) is 0.300. The molecular weight excluding hydrogens is 618 g/mol. The van der Waals surface area contributed by atoms with Gasteiger partial charge in [0.25, 0.3) is 0 Å². The van der Waals surface area contributed by atoms with Gasteiger partial charge >= 0.3 is 0 Å². The molecule has 2 rings (SSSR count). The SMILES string of the molecule is O=C(CCCS(=O)(=O)CCCC(=O)Nc1ccccc1I)Nc1ccccc1I. The Morgan fingerprint density at radius 3 is 1.48 bits per heavy atom. The molecule has 0 aromatic heterocycles. The normalized spacial score (nSPS) is 11.1. The number of anilines is 2. The number of sulfone groups is 1. The van der Waals surface area contributed by atoms with E-state index in [0.29, 0.717) is 0 Å². The Bertz CT molecular complexity index is 893. The lowest BCUT2D eigenvalue weighted by atomic mass is 10.3. The molecule has 29 heavy (non-hydrogen) atoms. The molecule has 9 heteroatoms. The van der Waals surface area contributed by atoms with Crippen molar-refractivity contribution in [3.8, 4) is 0 Å². The molecule has 0 saturated carbocycles. The smallest absolute Gasteiger partial charge is 0.224 e. The van der Waals surface area contributed by atoms with Gasteiger partial charge in [-0.2, -0.15) is 0 Å². The summed E-state index contributed by atoms with van der Waals surface area (Å²) in [6.45, 7) is 0. The number of carbonyl (C=O) groups is 2. The van der Waals surface area contributed by atoms with Gasteiger partial charge in [-0.25, -0.2) is 8.42 Å². The van der Waals surface area contributed by atoms with Gasteiger partial charge in [0.1, 0.15) is 9.84 Å². The number of amides is 2. The zero-order valence-electron chi connectivity index (χ0n) is 15.7. The number of carbonyl (C=O) groups excluding carboxylic acids is 2. The Balaban J connectivity index is 1.68. The number of hydrogen-bond acceptors (Lipinski definition) is 4. The number of hydrogen-bond donors (Lipinski definition) is 2. The van der Waals surface area contributed by atoms with Crippen molar-refractivity contribution in [2.24, 2.45) is 0 Å². The first-order chi connectivity index (χ1) is 13.8. The summed E-state index contributed by atoms with van der Waals surface area (Å²) in [7, 11) is -3.30. The fourth-order valence-electron chi connectivity index (χ4n) is 2.56. The van der Waals surface area contributed by atoms with Crippen molar-refractivity contribution in [2.75, 3.05) is 22.1 Å². The third kappa shape index (κ3) is 8.99. The lowest BCUT2D eigenvalue weighted by molar-refractivity contribution is -0.117. The van der Waals surface area contributed by atoms with Crippen molar-refractivity contribution >= 4 is 78.2 Å². The van der Waals surface area contributed by atoms with Crippen LogP contribution in [0.15, 0.2) is 48.5 Å². The molecule has 0 radical (unpaired) electrons. The van der Waals surface area contributed by atoms with Gasteiger partial charge in [0, 0.05) is 20.0 Å². The summed E-state index contributed by atoms with van der Waals surface area (Å²) in [5.74, 6) is -0.544. The molecule has 2 aromatic rings. The van der Waals surface area contributed by atoms with E-state index >= 15 is 0 Å². The number of rotatable bonds is 10. The number of para-hydroxylation sites is 2. The molecule has 2 aromatic carbocycles. The number of benzene rings is 2. The molecule has 2 amide bonds. The zero-order valence-corrected chi connectivity index (χ0v) is 20.8. The van der Waals surface area contributed by atoms with Crippen LogP contribution in [0.25, 0.3) is 0 Å². The number of halogens is 2. The van der Waals surface area contributed by atoms with Gasteiger partial charge in [0.15, 0.2) is 0 Å². The number of nitrogens with one attached hydrogen (secondary N) is 2. The lowest BCUT2D eigenvalue weighted by Gasteiger charge is -2.08. The summed E-state index contributed by atoms with van der Waals surface area (Å²) in [6, 6.07) is 14.8. The molecule has 0 bridgehead atoms. The van der Waals surface area contributed by atoms with Crippen molar-refractivity contribution in [2.45, 2.75) is 25.7 Å². The van der Waals surface area contributed by atoms with Crippen LogP contribution in [-0.2, 0) is 19.4 Å². The molecule has 0 aliphatic carbocycles. The highest BCUT2D eigenvalue weighted by Crippen LogP contribution is 2.18. The van der Waals surface area contributed by atoms with Gasteiger partial charge in [-0.1, -0.05) is 24.3 Å². The highest BCUT2D eigenvalue weighted by Gasteiger charge is 2.14. The van der Waals surface area contributed by atoms with E-state index in [0.717, 1.165) is 18.5 Å². The van der Waals surface area contributed by atoms with Crippen LogP contribution >= 0.6 is 45.2 Å². The van der Waals surface area contributed by atoms with E-state index in [9.17, 15) is 18.0 Å². The first-order valence-corrected chi connectivity index (χ1v) is 13.0. The van der Waals surface area contributed by atoms with Crippen LogP contribution in [0.1, 0.15) is 25.7 Å². The first-order valence-electron chi connectivity index (χ1n) is 9.06. The fourth-order valence-corrected chi connectivity index (χ4v) is 4.97. The van der Waals surface area contributed by atoms with E-state index in [4.69, 9.17) is 0 Å². The minimum absolute atomic E-state index is 0.0650. The second-order valence-corrected chi connectivity index (χ2v) is 11.0. The second-order valence-electron chi connectivity index (χ2n) is 6.41. The molecule has 0 spiro atoms. The van der Waals surface area contributed by atoms with Gasteiger partial charge in [-0.05, 0) is 82.3 Å². The van der Waals surface area contributed by atoms with Crippen molar-refractivity contribution in [1.82, 2.24) is 0 Å². The zero-order chi connectivity index (χ0) is 21.3. The van der Waals surface area contributed by atoms with Gasteiger partial charge in [-0.15, -0.1) is 0 Å². The maximum Gasteiger partial charge on any atom is 0.224 e. The maximum absolute atomic E-state index is 12.2. The van der Waals surface area contributed by atoms with Gasteiger partial charge < -0.3 is 10.6 Å². The Morgan fingerprint density at radius 2 is 1.10 bits per heavy atom. The largest absolute Gasteiger partial charge is 0.325 e. The van der Waals surface area contributed by atoms with E-state index in [-0.39, 0.29) is 49.0 Å². The molecule has 0 heterocycles. The summed E-state index contributed by atoms with van der Waals surface area (Å²) in [4.78, 5) is 24.0. The molecule has 156 valence electrons. The van der Waals surface area contributed by atoms with E-state index in [1.807, 2.05) is 36.4 Å². The van der Waals surface area contributed by atoms with Crippen molar-refractivity contribution in [3.63, 3.8) is 0 Å². The quantitative estimate of drug-likeness (QED) is 0.376. The van der Waals surface area contributed by atoms with Crippen molar-refractivity contribution in [1.29, 1.82) is 0 Å². The van der Waals surface area contributed by atoms with Gasteiger partial charge in [0.2, 0.25) is 11.8 Å². The molecule has 0 aliphatic heterocycles. The molecule has 0 saturated heterocycles. The van der Waals surface area contributed by atoms with Crippen LogP contribution in [0.5, 0.6) is 0 Å².